The molecule has 2 aliphatic rings. The van der Waals surface area contributed by atoms with Crippen LogP contribution >= 0.6 is 0 Å². The van der Waals surface area contributed by atoms with Crippen LogP contribution in [0.1, 0.15) is 25.0 Å². The molecule has 7 nitrogen and oxygen atoms in total. The van der Waals surface area contributed by atoms with Crippen molar-refractivity contribution in [2.75, 3.05) is 39.6 Å². The Hall–Kier alpha value is -2.10. The Labute approximate surface area is 189 Å². The molecule has 2 saturated heterocycles. The van der Waals surface area contributed by atoms with Crippen molar-refractivity contribution in [1.82, 2.24) is 0 Å². The molecule has 1 N–H and O–H groups in total. The van der Waals surface area contributed by atoms with Crippen molar-refractivity contribution in [3.8, 4) is 11.5 Å². The van der Waals surface area contributed by atoms with E-state index in [-0.39, 0.29) is 30.8 Å². The van der Waals surface area contributed by atoms with Gasteiger partial charge < -0.3 is 33.4 Å². The van der Waals surface area contributed by atoms with Crippen LogP contribution in [0.15, 0.2) is 48.5 Å². The molecule has 0 spiro atoms. The fourth-order valence-electron chi connectivity index (χ4n) is 3.21. The number of aliphatic hydroxyl groups excluding tert-OH is 1. The molecule has 0 aromatic heterocycles. The van der Waals surface area contributed by atoms with Crippen LogP contribution in [0.25, 0.3) is 0 Å². The summed E-state index contributed by atoms with van der Waals surface area (Å²) < 4.78 is 31.9. The molecule has 0 bridgehead atoms. The highest BCUT2D eigenvalue weighted by Gasteiger charge is 2.25. The lowest BCUT2D eigenvalue weighted by Crippen LogP contribution is -2.25. The van der Waals surface area contributed by atoms with Gasteiger partial charge in [0.05, 0.1) is 26.4 Å². The fraction of sp³-hybridized carbons (Fsp3) is 0.500. The molecule has 2 aliphatic heterocycles. The minimum Gasteiger partial charge on any atom is -0.491 e. The number of aliphatic hydroxyl groups is 1. The van der Waals surface area contributed by atoms with E-state index < -0.39 is 6.10 Å². The maximum absolute atomic E-state index is 9.99. The maximum atomic E-state index is 9.99. The van der Waals surface area contributed by atoms with Crippen molar-refractivity contribution in [3.05, 3.63) is 59.7 Å². The first kappa shape index (κ1) is 23.1. The molecule has 3 atom stereocenters. The van der Waals surface area contributed by atoms with E-state index in [9.17, 15) is 5.11 Å². The second-order valence-corrected chi connectivity index (χ2v) is 8.62. The normalized spacial score (nSPS) is 20.5. The second-order valence-electron chi connectivity index (χ2n) is 8.62. The van der Waals surface area contributed by atoms with Crippen molar-refractivity contribution in [2.45, 2.75) is 37.6 Å². The lowest BCUT2D eigenvalue weighted by Gasteiger charge is -2.26. The minimum absolute atomic E-state index is 0.101. The summed E-state index contributed by atoms with van der Waals surface area (Å²) in [4.78, 5) is 0. The van der Waals surface area contributed by atoms with Crippen molar-refractivity contribution in [1.29, 1.82) is 0 Å². The first-order chi connectivity index (χ1) is 15.5. The molecule has 0 aliphatic carbocycles. The van der Waals surface area contributed by atoms with Crippen LogP contribution in [-0.4, -0.2) is 70.7 Å². The van der Waals surface area contributed by atoms with Crippen LogP contribution in [0.2, 0.25) is 0 Å². The number of ether oxygens (including phenoxy) is 4. The summed E-state index contributed by atoms with van der Waals surface area (Å²) in [6, 6.07) is 16.1. The molecule has 8 heteroatoms. The van der Waals surface area contributed by atoms with Crippen molar-refractivity contribution >= 4 is 7.69 Å². The average molecular weight is 441 g/mol. The molecular formula is C24H30BO7. The van der Waals surface area contributed by atoms with E-state index in [1.54, 1.807) is 0 Å². The summed E-state index contributed by atoms with van der Waals surface area (Å²) in [5.74, 6) is 1.55. The Kier molecular flexibility index (Phi) is 7.70. The first-order valence-electron chi connectivity index (χ1n) is 10.9. The molecule has 1 radical (unpaired) electrons. The summed E-state index contributed by atoms with van der Waals surface area (Å²) in [5, 5.41) is 9.99. The standard InChI is InChI=1S/C24H30BO7/c1-24(2,18-5-9-21(10-6-18)28-13-22-14-29-22)17-3-7-20(8-4-17)27-11-19(26)12-31-25-32-16-23-15-30-23/h3-10,19,22-23,26H,11-16H2,1-2H3. The quantitative estimate of drug-likeness (QED) is 0.274. The molecular weight excluding hydrogens is 411 g/mol. The largest absolute Gasteiger partial charge is 0.491 e. The van der Waals surface area contributed by atoms with Gasteiger partial charge in [-0.1, -0.05) is 38.1 Å². The van der Waals surface area contributed by atoms with E-state index in [4.69, 9.17) is 28.3 Å². The molecule has 171 valence electrons. The predicted molar refractivity (Wildman–Crippen MR) is 119 cm³/mol. The topological polar surface area (TPSA) is 82.2 Å². The van der Waals surface area contributed by atoms with E-state index >= 15 is 0 Å². The Bertz CT molecular complexity index is 832. The Morgan fingerprint density at radius 3 is 1.94 bits per heavy atom. The van der Waals surface area contributed by atoms with Gasteiger partial charge in [-0.2, -0.15) is 0 Å². The number of epoxide rings is 2. The lowest BCUT2D eigenvalue weighted by atomic mass is 9.78. The molecule has 4 rings (SSSR count). The zero-order valence-electron chi connectivity index (χ0n) is 18.6. The first-order valence-corrected chi connectivity index (χ1v) is 10.9. The van der Waals surface area contributed by atoms with Crippen molar-refractivity contribution in [3.63, 3.8) is 0 Å². The Morgan fingerprint density at radius 2 is 1.38 bits per heavy atom. The predicted octanol–water partition coefficient (Wildman–Crippen LogP) is 2.50. The molecule has 0 saturated carbocycles. The average Bonchev–Trinajstić information content (AvgIpc) is 3.72. The number of benzene rings is 2. The highest BCUT2D eigenvalue weighted by molar-refractivity contribution is 6.17. The van der Waals surface area contributed by atoms with Gasteiger partial charge in [-0.25, -0.2) is 0 Å². The Morgan fingerprint density at radius 1 is 0.844 bits per heavy atom. The van der Waals surface area contributed by atoms with Gasteiger partial charge in [0.25, 0.3) is 0 Å². The van der Waals surface area contributed by atoms with Crippen LogP contribution in [-0.2, 0) is 24.2 Å². The van der Waals surface area contributed by atoms with Crippen LogP contribution < -0.4 is 9.47 Å². The van der Waals surface area contributed by atoms with Gasteiger partial charge in [0.15, 0.2) is 0 Å². The Balaban J connectivity index is 1.21. The van der Waals surface area contributed by atoms with Gasteiger partial charge in [0.2, 0.25) is 0 Å². The molecule has 3 unspecified atom stereocenters. The van der Waals surface area contributed by atoms with Crippen LogP contribution in [0.4, 0.5) is 0 Å². The summed E-state index contributed by atoms with van der Waals surface area (Å²) in [5.41, 5.74) is 2.19. The highest BCUT2D eigenvalue weighted by Crippen LogP contribution is 2.33. The number of hydrogen-bond acceptors (Lipinski definition) is 7. The van der Waals surface area contributed by atoms with Gasteiger partial charge in [0, 0.05) is 5.41 Å². The highest BCUT2D eigenvalue weighted by atomic mass is 16.6. The van der Waals surface area contributed by atoms with Gasteiger partial charge >= 0.3 is 7.69 Å². The maximum Gasteiger partial charge on any atom is 0.488 e. The van der Waals surface area contributed by atoms with Gasteiger partial charge in [0.1, 0.15) is 43.0 Å². The summed E-state index contributed by atoms with van der Waals surface area (Å²) in [6.45, 7) is 7.22. The van der Waals surface area contributed by atoms with E-state index in [0.717, 1.165) is 19.0 Å². The van der Waals surface area contributed by atoms with E-state index in [1.165, 1.54) is 18.8 Å². The van der Waals surface area contributed by atoms with Gasteiger partial charge in [-0.05, 0) is 35.4 Å². The number of hydrogen-bond donors (Lipinski definition) is 1. The smallest absolute Gasteiger partial charge is 0.488 e. The molecule has 2 fully saturated rings. The molecule has 2 aromatic rings. The molecule has 2 heterocycles. The van der Waals surface area contributed by atoms with E-state index in [1.807, 2.05) is 24.3 Å². The van der Waals surface area contributed by atoms with Gasteiger partial charge in [-0.15, -0.1) is 0 Å². The summed E-state index contributed by atoms with van der Waals surface area (Å²) in [6.07, 6.45) is -0.326. The van der Waals surface area contributed by atoms with Gasteiger partial charge in [-0.3, -0.25) is 0 Å². The third-order valence-electron chi connectivity index (χ3n) is 5.54. The van der Waals surface area contributed by atoms with E-state index in [2.05, 4.69) is 38.1 Å². The minimum atomic E-state index is -0.754. The second kappa shape index (κ2) is 10.7. The third-order valence-corrected chi connectivity index (χ3v) is 5.54. The summed E-state index contributed by atoms with van der Waals surface area (Å²) in [7, 11) is 1.24. The third kappa shape index (κ3) is 6.95. The molecule has 32 heavy (non-hydrogen) atoms. The fourth-order valence-corrected chi connectivity index (χ4v) is 3.21. The van der Waals surface area contributed by atoms with Crippen LogP contribution in [0.5, 0.6) is 11.5 Å². The number of rotatable bonds is 14. The summed E-state index contributed by atoms with van der Waals surface area (Å²) >= 11 is 0. The zero-order chi connectivity index (χ0) is 22.4. The SMILES string of the molecule is CC(C)(c1ccc(OCC(O)CO[B]OCC2CO2)cc1)c1ccc(OCC2CO2)cc1. The zero-order valence-corrected chi connectivity index (χ0v) is 18.6. The lowest BCUT2D eigenvalue weighted by molar-refractivity contribution is 0.0545. The molecule has 2 aromatic carbocycles. The van der Waals surface area contributed by atoms with Crippen molar-refractivity contribution < 1.29 is 33.4 Å². The molecule has 0 amide bonds. The monoisotopic (exact) mass is 441 g/mol. The van der Waals surface area contributed by atoms with Crippen LogP contribution in [0, 0.1) is 0 Å². The van der Waals surface area contributed by atoms with E-state index in [0.29, 0.717) is 19.0 Å². The van der Waals surface area contributed by atoms with Crippen LogP contribution in [0.3, 0.4) is 0 Å². The van der Waals surface area contributed by atoms with Crippen molar-refractivity contribution in [2.24, 2.45) is 0 Å².